The van der Waals surface area contributed by atoms with Crippen molar-refractivity contribution in [3.63, 3.8) is 0 Å². The Morgan fingerprint density at radius 2 is 1.47 bits per heavy atom. The number of hydrogen-bond donors (Lipinski definition) is 2. The van der Waals surface area contributed by atoms with E-state index < -0.39 is 10.5 Å². The van der Waals surface area contributed by atoms with Crippen molar-refractivity contribution < 1.29 is 9.59 Å². The summed E-state index contributed by atoms with van der Waals surface area (Å²) in [6, 6.07) is 0.116. The van der Waals surface area contributed by atoms with Gasteiger partial charge in [-0.1, -0.05) is 31.0 Å². The van der Waals surface area contributed by atoms with Gasteiger partial charge in [-0.2, -0.15) is 0 Å². The van der Waals surface area contributed by atoms with Crippen LogP contribution in [-0.2, 0) is 0 Å². The molecule has 90 valence electrons. The summed E-state index contributed by atoms with van der Waals surface area (Å²) in [7, 11) is 3.77. The highest BCUT2D eigenvalue weighted by atomic mass is 32.2. The first kappa shape index (κ1) is 17.0. The van der Waals surface area contributed by atoms with E-state index in [4.69, 9.17) is 11.5 Å². The first-order chi connectivity index (χ1) is 6.43. The van der Waals surface area contributed by atoms with Gasteiger partial charge >= 0.3 is 0 Å². The van der Waals surface area contributed by atoms with Crippen LogP contribution in [-0.4, -0.2) is 47.0 Å². The lowest BCUT2D eigenvalue weighted by Crippen LogP contribution is -2.34. The van der Waals surface area contributed by atoms with Crippen LogP contribution in [0.5, 0.6) is 0 Å². The molecule has 2 amide bonds. The molecule has 0 spiro atoms. The summed E-state index contributed by atoms with van der Waals surface area (Å²) < 4.78 is 0. The SMILES string of the molecule is C.CN(C)C(CSC(N)=O)CSC(N)=O. The highest BCUT2D eigenvalue weighted by molar-refractivity contribution is 8.14. The minimum Gasteiger partial charge on any atom is -0.361 e. The molecule has 0 rings (SSSR count). The zero-order valence-electron chi connectivity index (χ0n) is 8.23. The van der Waals surface area contributed by atoms with Crippen molar-refractivity contribution in [3.8, 4) is 0 Å². The van der Waals surface area contributed by atoms with E-state index in [1.54, 1.807) is 0 Å². The number of hydrogen-bond acceptors (Lipinski definition) is 5. The van der Waals surface area contributed by atoms with Gasteiger partial charge in [-0.25, -0.2) is 0 Å². The Labute approximate surface area is 99.3 Å². The van der Waals surface area contributed by atoms with E-state index in [-0.39, 0.29) is 13.5 Å². The summed E-state index contributed by atoms with van der Waals surface area (Å²) in [5.41, 5.74) is 10.0. The molecule has 0 heterocycles. The number of carbonyl (C=O) groups excluding carboxylic acids is 2. The monoisotopic (exact) mass is 253 g/mol. The fourth-order valence-corrected chi connectivity index (χ4v) is 2.40. The highest BCUT2D eigenvalue weighted by Crippen LogP contribution is 2.12. The molecule has 0 aliphatic rings. The van der Waals surface area contributed by atoms with Gasteiger partial charge in [0.15, 0.2) is 0 Å². The van der Waals surface area contributed by atoms with E-state index in [0.29, 0.717) is 11.5 Å². The molecule has 0 aromatic heterocycles. The first-order valence-electron chi connectivity index (χ1n) is 3.94. The fraction of sp³-hybridized carbons (Fsp3) is 0.750. The Balaban J connectivity index is 0. The zero-order chi connectivity index (χ0) is 11.1. The maximum atomic E-state index is 10.5. The third-order valence-electron chi connectivity index (χ3n) is 1.57. The number of thioether (sulfide) groups is 2. The van der Waals surface area contributed by atoms with Crippen LogP contribution in [0.1, 0.15) is 7.43 Å². The molecule has 0 radical (unpaired) electrons. The third-order valence-corrected chi connectivity index (χ3v) is 3.24. The maximum Gasteiger partial charge on any atom is 0.276 e. The van der Waals surface area contributed by atoms with Gasteiger partial charge in [-0.15, -0.1) is 0 Å². The molecule has 4 N–H and O–H groups in total. The minimum absolute atomic E-state index is 0. The predicted molar refractivity (Wildman–Crippen MR) is 68.3 cm³/mol. The van der Waals surface area contributed by atoms with Gasteiger partial charge in [0.05, 0.1) is 0 Å². The Kier molecular flexibility index (Phi) is 10.1. The van der Waals surface area contributed by atoms with Crippen LogP contribution in [0.3, 0.4) is 0 Å². The lowest BCUT2D eigenvalue weighted by Gasteiger charge is -2.22. The lowest BCUT2D eigenvalue weighted by atomic mass is 10.4. The highest BCUT2D eigenvalue weighted by Gasteiger charge is 2.14. The van der Waals surface area contributed by atoms with Crippen LogP contribution in [0.2, 0.25) is 0 Å². The molecule has 0 atom stereocenters. The van der Waals surface area contributed by atoms with Gasteiger partial charge in [0.25, 0.3) is 10.5 Å². The normalized spacial score (nSPS) is 10.1. The van der Waals surface area contributed by atoms with Crippen molar-refractivity contribution in [3.05, 3.63) is 0 Å². The second-order valence-electron chi connectivity index (χ2n) is 2.88. The Morgan fingerprint density at radius 1 is 1.13 bits per heavy atom. The number of nitrogens with zero attached hydrogens (tertiary/aromatic N) is 1. The van der Waals surface area contributed by atoms with Crippen LogP contribution < -0.4 is 11.5 Å². The molecule has 0 saturated heterocycles. The summed E-state index contributed by atoms with van der Waals surface area (Å²) in [5.74, 6) is 1.14. The van der Waals surface area contributed by atoms with Crippen LogP contribution in [0, 0.1) is 0 Å². The van der Waals surface area contributed by atoms with Crippen LogP contribution in [0.4, 0.5) is 9.59 Å². The molecular formula is C8H19N3O2S2. The maximum absolute atomic E-state index is 10.5. The second-order valence-corrected chi connectivity index (χ2v) is 4.93. The smallest absolute Gasteiger partial charge is 0.276 e. The molecule has 0 fully saturated rings. The summed E-state index contributed by atoms with van der Waals surface area (Å²) in [6.45, 7) is 0. The number of carbonyl (C=O) groups is 2. The van der Waals surface area contributed by atoms with Crippen molar-refractivity contribution in [1.82, 2.24) is 4.90 Å². The predicted octanol–water partition coefficient (Wildman–Crippen LogP) is 1.18. The van der Waals surface area contributed by atoms with E-state index >= 15 is 0 Å². The average molecular weight is 253 g/mol. The van der Waals surface area contributed by atoms with Gasteiger partial charge in [0.1, 0.15) is 0 Å². The Bertz CT molecular complexity index is 194. The van der Waals surface area contributed by atoms with Crippen molar-refractivity contribution in [2.75, 3.05) is 25.6 Å². The summed E-state index contributed by atoms with van der Waals surface area (Å²) >= 11 is 2.10. The van der Waals surface area contributed by atoms with Crippen LogP contribution in [0.25, 0.3) is 0 Å². The summed E-state index contributed by atoms with van der Waals surface area (Å²) in [4.78, 5) is 23.0. The molecule has 15 heavy (non-hydrogen) atoms. The average Bonchev–Trinajstić information content (AvgIpc) is 2.02. The number of amides is 2. The number of nitrogens with two attached hydrogens (primary N) is 2. The molecule has 5 nitrogen and oxygen atoms in total. The molecule has 0 aliphatic heterocycles. The molecule has 0 saturated carbocycles. The molecule has 0 aromatic rings. The number of rotatable bonds is 5. The lowest BCUT2D eigenvalue weighted by molar-refractivity contribution is 0.266. The fourth-order valence-electron chi connectivity index (χ4n) is 0.703. The molecule has 0 aliphatic carbocycles. The van der Waals surface area contributed by atoms with Crippen molar-refractivity contribution in [1.29, 1.82) is 0 Å². The van der Waals surface area contributed by atoms with Crippen molar-refractivity contribution in [2.45, 2.75) is 13.5 Å². The van der Waals surface area contributed by atoms with Gasteiger partial charge in [-0.3, -0.25) is 9.59 Å². The van der Waals surface area contributed by atoms with Crippen molar-refractivity contribution >= 4 is 34.0 Å². The van der Waals surface area contributed by atoms with Crippen LogP contribution in [0.15, 0.2) is 0 Å². The van der Waals surface area contributed by atoms with E-state index in [2.05, 4.69) is 0 Å². The quantitative estimate of drug-likeness (QED) is 0.768. The summed E-state index contributed by atoms with van der Waals surface area (Å²) in [5, 5.41) is -0.804. The van der Waals surface area contributed by atoms with E-state index in [0.717, 1.165) is 23.5 Å². The second kappa shape index (κ2) is 8.87. The van der Waals surface area contributed by atoms with E-state index in [1.165, 1.54) is 0 Å². The summed E-state index contributed by atoms with van der Waals surface area (Å²) in [6.07, 6.45) is 0. The largest absolute Gasteiger partial charge is 0.361 e. The number of primary amides is 2. The van der Waals surface area contributed by atoms with Gasteiger partial charge in [0.2, 0.25) is 0 Å². The standard InChI is InChI=1S/C7H15N3O2S2.CH4/c1-10(2)5(3-13-6(8)11)4-14-7(9)12;/h5H,3-4H2,1-2H3,(H2,8,11)(H2,9,12);1H4. The molecular weight excluding hydrogens is 234 g/mol. The van der Waals surface area contributed by atoms with Gasteiger partial charge < -0.3 is 16.4 Å². The Morgan fingerprint density at radius 3 is 1.67 bits per heavy atom. The third kappa shape index (κ3) is 9.89. The molecule has 7 heteroatoms. The van der Waals surface area contributed by atoms with Crippen molar-refractivity contribution in [2.24, 2.45) is 11.5 Å². The minimum atomic E-state index is -0.402. The Hall–Kier alpha value is -0.400. The van der Waals surface area contributed by atoms with Crippen LogP contribution >= 0.6 is 23.5 Å². The van der Waals surface area contributed by atoms with Gasteiger partial charge in [0, 0.05) is 17.5 Å². The molecule has 0 unspecified atom stereocenters. The zero-order valence-corrected chi connectivity index (χ0v) is 9.86. The van der Waals surface area contributed by atoms with E-state index in [1.807, 2.05) is 19.0 Å². The topological polar surface area (TPSA) is 89.4 Å². The first-order valence-corrected chi connectivity index (χ1v) is 5.91. The molecule has 0 aromatic carbocycles. The van der Waals surface area contributed by atoms with Gasteiger partial charge in [-0.05, 0) is 14.1 Å². The van der Waals surface area contributed by atoms with E-state index in [9.17, 15) is 9.59 Å². The molecule has 0 bridgehead atoms.